The number of piperazine rings is 1. The van der Waals surface area contributed by atoms with Crippen molar-refractivity contribution >= 4 is 17.5 Å². The minimum atomic E-state index is -0.318. The normalized spacial score (nSPS) is 14.7. The number of carbonyl (C=O) groups excluding carboxylic acids is 1. The van der Waals surface area contributed by atoms with Crippen LogP contribution < -0.4 is 4.74 Å². The lowest BCUT2D eigenvalue weighted by Gasteiger charge is -2.34. The summed E-state index contributed by atoms with van der Waals surface area (Å²) in [5.41, 5.74) is 1.48. The highest BCUT2D eigenvalue weighted by Gasteiger charge is 2.24. The summed E-state index contributed by atoms with van der Waals surface area (Å²) in [5.74, 6) is 0.128. The fourth-order valence-corrected chi connectivity index (χ4v) is 3.55. The van der Waals surface area contributed by atoms with Crippen molar-refractivity contribution in [3.05, 3.63) is 82.9 Å². The molecule has 1 aromatic heterocycles. The van der Waals surface area contributed by atoms with Gasteiger partial charge in [-0.05, 0) is 42.0 Å². The third-order valence-electron chi connectivity index (χ3n) is 5.05. The van der Waals surface area contributed by atoms with E-state index in [1.165, 1.54) is 12.1 Å². The first-order chi connectivity index (χ1) is 14.6. The van der Waals surface area contributed by atoms with E-state index in [1.54, 1.807) is 29.1 Å². The van der Waals surface area contributed by atoms with Crippen LogP contribution in [0, 0.1) is 5.82 Å². The fourth-order valence-electron chi connectivity index (χ4n) is 3.36. The molecule has 0 saturated carbocycles. The smallest absolute Gasteiger partial charge is 0.274 e. The lowest BCUT2D eigenvalue weighted by atomic mass is 10.2. The van der Waals surface area contributed by atoms with E-state index >= 15 is 0 Å². The van der Waals surface area contributed by atoms with Gasteiger partial charge in [-0.2, -0.15) is 5.10 Å². The Morgan fingerprint density at radius 1 is 1.03 bits per heavy atom. The highest BCUT2D eigenvalue weighted by atomic mass is 35.5. The van der Waals surface area contributed by atoms with Crippen LogP contribution in [-0.4, -0.2) is 51.7 Å². The van der Waals surface area contributed by atoms with E-state index in [2.05, 4.69) is 10.00 Å². The number of hydrogen-bond donors (Lipinski definition) is 0. The summed E-state index contributed by atoms with van der Waals surface area (Å²) in [5, 5.41) is 5.08. The monoisotopic (exact) mass is 428 g/mol. The highest BCUT2D eigenvalue weighted by Crippen LogP contribution is 2.18. The number of nitrogens with zero attached hydrogens (tertiary/aromatic N) is 4. The molecule has 30 heavy (non-hydrogen) atoms. The maximum atomic E-state index is 12.9. The number of hydrogen-bond acceptors (Lipinski definition) is 4. The molecule has 0 radical (unpaired) electrons. The Morgan fingerprint density at radius 2 is 1.77 bits per heavy atom. The molecule has 0 bridgehead atoms. The summed E-state index contributed by atoms with van der Waals surface area (Å²) in [6, 6.07) is 15.3. The Morgan fingerprint density at radius 3 is 2.50 bits per heavy atom. The van der Waals surface area contributed by atoms with Crippen molar-refractivity contribution < 1.29 is 13.9 Å². The number of aromatic nitrogens is 2. The average Bonchev–Trinajstić information content (AvgIpc) is 3.24. The quantitative estimate of drug-likeness (QED) is 0.601. The second-order valence-corrected chi connectivity index (χ2v) is 7.53. The van der Waals surface area contributed by atoms with Gasteiger partial charge < -0.3 is 9.64 Å². The number of carbonyl (C=O) groups is 1. The molecule has 4 rings (SSSR count). The van der Waals surface area contributed by atoms with Crippen LogP contribution in [0.2, 0.25) is 5.02 Å². The molecule has 0 N–H and O–H groups in total. The number of benzene rings is 2. The first-order valence-electron chi connectivity index (χ1n) is 9.75. The summed E-state index contributed by atoms with van der Waals surface area (Å²) in [4.78, 5) is 16.9. The Hall–Kier alpha value is -2.90. The number of rotatable bonds is 6. The minimum absolute atomic E-state index is 0.0899. The van der Waals surface area contributed by atoms with E-state index in [4.69, 9.17) is 16.3 Å². The second-order valence-electron chi connectivity index (χ2n) is 7.13. The summed E-state index contributed by atoms with van der Waals surface area (Å²) < 4.78 is 20.0. The van der Waals surface area contributed by atoms with Crippen LogP contribution in [-0.2, 0) is 13.3 Å². The Kier molecular flexibility index (Phi) is 6.30. The van der Waals surface area contributed by atoms with Crippen LogP contribution in [0.4, 0.5) is 4.39 Å². The zero-order valence-corrected chi connectivity index (χ0v) is 17.1. The zero-order valence-electron chi connectivity index (χ0n) is 16.4. The third-order valence-corrected chi connectivity index (χ3v) is 5.42. The van der Waals surface area contributed by atoms with Crippen LogP contribution in [0.5, 0.6) is 5.75 Å². The van der Waals surface area contributed by atoms with Crippen molar-refractivity contribution in [2.45, 2.75) is 13.3 Å². The molecule has 1 saturated heterocycles. The van der Waals surface area contributed by atoms with Crippen LogP contribution in [0.15, 0.2) is 60.8 Å². The van der Waals surface area contributed by atoms with Crippen LogP contribution in [0.3, 0.4) is 0 Å². The fraction of sp³-hybridized carbons (Fsp3) is 0.273. The van der Waals surface area contributed by atoms with Gasteiger partial charge in [-0.1, -0.05) is 29.8 Å². The van der Waals surface area contributed by atoms with Gasteiger partial charge in [-0.25, -0.2) is 9.07 Å². The lowest BCUT2D eigenvalue weighted by molar-refractivity contribution is 0.0621. The molecule has 0 unspecified atom stereocenters. The molecule has 1 fully saturated rings. The van der Waals surface area contributed by atoms with Crippen molar-refractivity contribution in [3.63, 3.8) is 0 Å². The van der Waals surface area contributed by atoms with Crippen molar-refractivity contribution in [1.29, 1.82) is 0 Å². The van der Waals surface area contributed by atoms with E-state index in [1.807, 2.05) is 29.2 Å². The van der Waals surface area contributed by atoms with Crippen molar-refractivity contribution in [3.8, 4) is 5.75 Å². The first-order valence-corrected chi connectivity index (χ1v) is 10.1. The molecule has 0 aliphatic carbocycles. The Bertz CT molecular complexity index is 1000. The van der Waals surface area contributed by atoms with E-state index < -0.39 is 0 Å². The van der Waals surface area contributed by atoms with Crippen molar-refractivity contribution in [2.24, 2.45) is 0 Å². The predicted molar refractivity (Wildman–Crippen MR) is 112 cm³/mol. The molecular weight excluding hydrogens is 407 g/mol. The molecule has 3 aromatic rings. The van der Waals surface area contributed by atoms with Gasteiger partial charge in [0, 0.05) is 43.9 Å². The summed E-state index contributed by atoms with van der Waals surface area (Å²) in [6.45, 7) is 3.77. The van der Waals surface area contributed by atoms with Gasteiger partial charge in [-0.15, -0.1) is 0 Å². The second kappa shape index (κ2) is 9.28. The third kappa shape index (κ3) is 4.98. The Labute approximate surface area is 179 Å². The highest BCUT2D eigenvalue weighted by molar-refractivity contribution is 6.31. The van der Waals surface area contributed by atoms with Gasteiger partial charge in [-0.3, -0.25) is 9.69 Å². The molecule has 1 aliphatic heterocycles. The molecule has 1 amide bonds. The van der Waals surface area contributed by atoms with Gasteiger partial charge >= 0.3 is 0 Å². The molecule has 8 heteroatoms. The largest absolute Gasteiger partial charge is 0.471 e. The summed E-state index contributed by atoms with van der Waals surface area (Å²) in [7, 11) is 0. The van der Waals surface area contributed by atoms with Gasteiger partial charge in [0.2, 0.25) is 0 Å². The standard InChI is InChI=1S/C22H22ClFN4O2/c23-20-4-2-1-3-17(20)15-26-11-13-27(14-12-26)22(29)21-9-10-28(25-21)16-30-19-7-5-18(24)6-8-19/h1-10H,11-16H2. The lowest BCUT2D eigenvalue weighted by Crippen LogP contribution is -2.48. The molecule has 1 aliphatic rings. The maximum absolute atomic E-state index is 12.9. The number of ether oxygens (including phenoxy) is 1. The van der Waals surface area contributed by atoms with Crippen molar-refractivity contribution in [1.82, 2.24) is 19.6 Å². The first kappa shape index (κ1) is 20.4. The average molecular weight is 429 g/mol. The summed E-state index contributed by atoms with van der Waals surface area (Å²) >= 11 is 6.25. The van der Waals surface area contributed by atoms with E-state index in [0.717, 1.165) is 30.2 Å². The van der Waals surface area contributed by atoms with E-state index in [9.17, 15) is 9.18 Å². The molecule has 0 atom stereocenters. The van der Waals surface area contributed by atoms with Gasteiger partial charge in [0.25, 0.3) is 5.91 Å². The number of halogens is 2. The molecule has 156 valence electrons. The van der Waals surface area contributed by atoms with Gasteiger partial charge in [0.05, 0.1) is 0 Å². The minimum Gasteiger partial charge on any atom is -0.471 e. The van der Waals surface area contributed by atoms with Gasteiger partial charge in [0.1, 0.15) is 11.6 Å². The number of amides is 1. The van der Waals surface area contributed by atoms with Crippen LogP contribution in [0.1, 0.15) is 16.1 Å². The van der Waals surface area contributed by atoms with Crippen LogP contribution >= 0.6 is 11.6 Å². The molecule has 6 nitrogen and oxygen atoms in total. The molecule has 2 heterocycles. The molecule has 0 spiro atoms. The van der Waals surface area contributed by atoms with Crippen molar-refractivity contribution in [2.75, 3.05) is 26.2 Å². The van der Waals surface area contributed by atoms with E-state index in [0.29, 0.717) is 24.5 Å². The van der Waals surface area contributed by atoms with E-state index in [-0.39, 0.29) is 18.5 Å². The SMILES string of the molecule is O=C(c1ccn(COc2ccc(F)cc2)n1)N1CCN(Cc2ccccc2Cl)CC1. The molecular formula is C22H22ClFN4O2. The predicted octanol–water partition coefficient (Wildman–Crippen LogP) is 3.67. The molecule has 2 aromatic carbocycles. The topological polar surface area (TPSA) is 50.6 Å². The van der Waals surface area contributed by atoms with Crippen LogP contribution in [0.25, 0.3) is 0 Å². The maximum Gasteiger partial charge on any atom is 0.274 e. The zero-order chi connectivity index (χ0) is 20.9. The van der Waals surface area contributed by atoms with Gasteiger partial charge in [0.15, 0.2) is 12.4 Å². The Balaban J connectivity index is 1.28. The summed E-state index contributed by atoms with van der Waals surface area (Å²) in [6.07, 6.45) is 1.70.